The molecule has 4 rings (SSSR count). The van der Waals surface area contributed by atoms with Gasteiger partial charge in [0, 0.05) is 44.3 Å². The predicted octanol–water partition coefficient (Wildman–Crippen LogP) is 0.801. The van der Waals surface area contributed by atoms with Crippen LogP contribution in [0.15, 0.2) is 41.7 Å². The van der Waals surface area contributed by atoms with E-state index in [0.717, 1.165) is 18.4 Å². The summed E-state index contributed by atoms with van der Waals surface area (Å²) >= 11 is 0. The van der Waals surface area contributed by atoms with E-state index in [-0.39, 0.29) is 30.2 Å². The summed E-state index contributed by atoms with van der Waals surface area (Å²) < 4.78 is 1.33. The zero-order chi connectivity index (χ0) is 19.0. The van der Waals surface area contributed by atoms with Crippen LogP contribution in [0.4, 0.5) is 10.6 Å². The maximum atomic E-state index is 12.6. The first-order valence-electron chi connectivity index (χ1n) is 8.85. The van der Waals surface area contributed by atoms with Gasteiger partial charge in [0.15, 0.2) is 0 Å². The summed E-state index contributed by atoms with van der Waals surface area (Å²) in [5.41, 5.74) is 0.480. The molecule has 3 heterocycles. The Morgan fingerprint density at radius 1 is 1.26 bits per heavy atom. The Bertz CT molecular complexity index is 924. The highest BCUT2D eigenvalue weighted by molar-refractivity contribution is 5.90. The highest BCUT2D eigenvalue weighted by Gasteiger charge is 2.47. The highest BCUT2D eigenvalue weighted by atomic mass is 16.2. The van der Waals surface area contributed by atoms with Crippen LogP contribution in [0.5, 0.6) is 0 Å². The summed E-state index contributed by atoms with van der Waals surface area (Å²) in [5, 5.41) is 5.32. The van der Waals surface area contributed by atoms with E-state index in [1.54, 1.807) is 19.4 Å². The second kappa shape index (κ2) is 6.82. The number of hydrogen-bond acceptors (Lipinski definition) is 5. The van der Waals surface area contributed by atoms with Gasteiger partial charge in [-0.15, -0.1) is 0 Å². The molecule has 1 saturated heterocycles. The largest absolute Gasteiger partial charge is 0.332 e. The lowest BCUT2D eigenvalue weighted by Gasteiger charge is -2.28. The summed E-state index contributed by atoms with van der Waals surface area (Å²) in [6.45, 7) is 0. The Labute approximate surface area is 155 Å². The summed E-state index contributed by atoms with van der Waals surface area (Å²) in [6.07, 6.45) is 8.50. The molecule has 9 heteroatoms. The van der Waals surface area contributed by atoms with Crippen LogP contribution in [0.2, 0.25) is 0 Å². The van der Waals surface area contributed by atoms with Crippen molar-refractivity contribution in [2.75, 3.05) is 5.32 Å². The number of nitrogens with one attached hydrogen (secondary N) is 2. The van der Waals surface area contributed by atoms with Gasteiger partial charge in [-0.25, -0.2) is 9.78 Å². The molecule has 0 unspecified atom stereocenters. The number of urea groups is 1. The SMILES string of the molecule is Cn1ccnc(NC(=O)N[C@@H]2CC(=O)N(C3CC3)[C@H]2c2cccnc2)c1=O. The van der Waals surface area contributed by atoms with Gasteiger partial charge in [-0.3, -0.25) is 19.9 Å². The van der Waals surface area contributed by atoms with Crippen LogP contribution in [0.1, 0.15) is 30.9 Å². The molecule has 140 valence electrons. The van der Waals surface area contributed by atoms with Crippen molar-refractivity contribution in [2.45, 2.75) is 37.4 Å². The van der Waals surface area contributed by atoms with Gasteiger partial charge in [0.2, 0.25) is 11.7 Å². The zero-order valence-corrected chi connectivity index (χ0v) is 14.8. The first-order valence-corrected chi connectivity index (χ1v) is 8.85. The minimum absolute atomic E-state index is 0.0189. The topological polar surface area (TPSA) is 109 Å². The van der Waals surface area contributed by atoms with E-state index in [9.17, 15) is 14.4 Å². The number of carbonyl (C=O) groups is 2. The van der Waals surface area contributed by atoms with Gasteiger partial charge in [-0.2, -0.15) is 0 Å². The van der Waals surface area contributed by atoms with Crippen molar-refractivity contribution in [1.82, 2.24) is 24.8 Å². The molecular formula is C18H20N6O3. The molecule has 1 aliphatic carbocycles. The van der Waals surface area contributed by atoms with Crippen molar-refractivity contribution in [3.05, 3.63) is 52.8 Å². The van der Waals surface area contributed by atoms with Crippen LogP contribution in [0.25, 0.3) is 0 Å². The molecule has 0 radical (unpaired) electrons. The van der Waals surface area contributed by atoms with Crippen molar-refractivity contribution in [2.24, 2.45) is 7.05 Å². The molecule has 0 spiro atoms. The lowest BCUT2D eigenvalue weighted by atomic mass is 10.0. The fourth-order valence-corrected chi connectivity index (χ4v) is 3.51. The molecular weight excluding hydrogens is 348 g/mol. The third-order valence-corrected chi connectivity index (χ3v) is 4.89. The molecule has 2 aromatic rings. The minimum atomic E-state index is -0.560. The van der Waals surface area contributed by atoms with E-state index in [0.29, 0.717) is 0 Å². The average molecular weight is 368 g/mol. The number of aryl methyl sites for hydroxylation is 1. The number of carbonyl (C=O) groups excluding carboxylic acids is 2. The molecule has 9 nitrogen and oxygen atoms in total. The van der Waals surface area contributed by atoms with Crippen LogP contribution in [-0.4, -0.2) is 43.5 Å². The molecule has 3 amide bonds. The molecule has 2 atom stereocenters. The Hall–Kier alpha value is -3.23. The predicted molar refractivity (Wildman–Crippen MR) is 96.9 cm³/mol. The monoisotopic (exact) mass is 368 g/mol. The smallest absolute Gasteiger partial charge is 0.320 e. The number of likely N-dealkylation sites (tertiary alicyclic amines) is 1. The van der Waals surface area contributed by atoms with Gasteiger partial charge >= 0.3 is 6.03 Å². The third kappa shape index (κ3) is 3.40. The molecule has 2 aromatic heterocycles. The van der Waals surface area contributed by atoms with Crippen molar-refractivity contribution >= 4 is 17.8 Å². The molecule has 1 aliphatic heterocycles. The number of pyridine rings is 1. The molecule has 27 heavy (non-hydrogen) atoms. The van der Waals surface area contributed by atoms with Crippen LogP contribution in [0, 0.1) is 0 Å². The average Bonchev–Trinajstić information content (AvgIpc) is 3.43. The van der Waals surface area contributed by atoms with E-state index in [4.69, 9.17) is 0 Å². The van der Waals surface area contributed by atoms with E-state index in [2.05, 4.69) is 20.6 Å². The summed E-state index contributed by atoms with van der Waals surface area (Å²) in [4.78, 5) is 46.9. The van der Waals surface area contributed by atoms with Crippen molar-refractivity contribution in [3.8, 4) is 0 Å². The highest BCUT2D eigenvalue weighted by Crippen LogP contribution is 2.41. The van der Waals surface area contributed by atoms with Crippen LogP contribution >= 0.6 is 0 Å². The van der Waals surface area contributed by atoms with E-state index in [1.165, 1.54) is 17.0 Å². The van der Waals surface area contributed by atoms with E-state index in [1.807, 2.05) is 17.0 Å². The normalized spacial score (nSPS) is 22.0. The van der Waals surface area contributed by atoms with Crippen molar-refractivity contribution in [3.63, 3.8) is 0 Å². The summed E-state index contributed by atoms with van der Waals surface area (Å²) in [7, 11) is 1.58. The maximum absolute atomic E-state index is 12.6. The second-order valence-corrected chi connectivity index (χ2v) is 6.86. The Balaban J connectivity index is 1.54. The Morgan fingerprint density at radius 2 is 2.07 bits per heavy atom. The molecule has 0 aromatic carbocycles. The minimum Gasteiger partial charge on any atom is -0.332 e. The number of nitrogens with zero attached hydrogens (tertiary/aromatic N) is 4. The van der Waals surface area contributed by atoms with Crippen LogP contribution in [0.3, 0.4) is 0 Å². The van der Waals surface area contributed by atoms with Gasteiger partial charge in [-0.1, -0.05) is 6.07 Å². The number of anilines is 1. The molecule has 1 saturated carbocycles. The fourth-order valence-electron chi connectivity index (χ4n) is 3.51. The molecule has 2 fully saturated rings. The first kappa shape index (κ1) is 17.2. The van der Waals surface area contributed by atoms with Gasteiger partial charge in [0.05, 0.1) is 12.1 Å². The Morgan fingerprint density at radius 3 is 2.78 bits per heavy atom. The van der Waals surface area contributed by atoms with Crippen LogP contribution < -0.4 is 16.2 Å². The lowest BCUT2D eigenvalue weighted by Crippen LogP contribution is -2.43. The van der Waals surface area contributed by atoms with Gasteiger partial charge < -0.3 is 14.8 Å². The van der Waals surface area contributed by atoms with Crippen molar-refractivity contribution in [1.29, 1.82) is 0 Å². The standard InChI is InChI=1S/C18H20N6O3/c1-23-8-7-20-16(17(23)26)22-18(27)21-13-9-14(25)24(12-4-5-12)15(13)11-3-2-6-19-10-11/h2-3,6-8,10,12-13,15H,4-5,9H2,1H3,(H2,20,21,22,27)/t13-,15+/m1/s1. The zero-order valence-electron chi connectivity index (χ0n) is 14.8. The number of rotatable bonds is 4. The van der Waals surface area contributed by atoms with Gasteiger partial charge in [0.25, 0.3) is 5.56 Å². The van der Waals surface area contributed by atoms with Gasteiger partial charge in [0.1, 0.15) is 0 Å². The van der Waals surface area contributed by atoms with Gasteiger partial charge in [-0.05, 0) is 24.5 Å². The van der Waals surface area contributed by atoms with E-state index >= 15 is 0 Å². The fraction of sp³-hybridized carbons (Fsp3) is 0.389. The number of amides is 3. The quantitative estimate of drug-likeness (QED) is 0.830. The number of aromatic nitrogens is 3. The van der Waals surface area contributed by atoms with E-state index < -0.39 is 17.6 Å². The maximum Gasteiger partial charge on any atom is 0.320 e. The second-order valence-electron chi connectivity index (χ2n) is 6.86. The Kier molecular flexibility index (Phi) is 4.35. The van der Waals surface area contributed by atoms with Crippen LogP contribution in [-0.2, 0) is 11.8 Å². The molecule has 0 bridgehead atoms. The summed E-state index contributed by atoms with van der Waals surface area (Å²) in [6, 6.07) is 2.71. The summed E-state index contributed by atoms with van der Waals surface area (Å²) in [5.74, 6) is -0.0378. The first-order chi connectivity index (χ1) is 13.0. The molecule has 2 N–H and O–H groups in total. The van der Waals surface area contributed by atoms with Crippen molar-refractivity contribution < 1.29 is 9.59 Å². The lowest BCUT2D eigenvalue weighted by molar-refractivity contribution is -0.129. The third-order valence-electron chi connectivity index (χ3n) is 4.89. The number of hydrogen-bond donors (Lipinski definition) is 2. The molecule has 2 aliphatic rings.